The van der Waals surface area contributed by atoms with Gasteiger partial charge in [-0.25, -0.2) is 9.97 Å². The fourth-order valence-corrected chi connectivity index (χ4v) is 6.91. The number of carbonyl (C=O) groups excluding carboxylic acids is 1. The number of rotatable bonds is 5. The first kappa shape index (κ1) is 23.6. The number of hydrogen-bond acceptors (Lipinski definition) is 6. The molecule has 8 nitrogen and oxygen atoms in total. The first-order chi connectivity index (χ1) is 17.5. The molecular formula is C27H35FN6O2. The van der Waals surface area contributed by atoms with Crippen molar-refractivity contribution in [3.05, 3.63) is 51.2 Å². The van der Waals surface area contributed by atoms with Gasteiger partial charge >= 0.3 is 0 Å². The van der Waals surface area contributed by atoms with E-state index in [0.717, 1.165) is 87.8 Å². The largest absolute Gasteiger partial charge is 0.365 e. The molecule has 0 spiro atoms. The number of amides is 1. The van der Waals surface area contributed by atoms with Crippen LogP contribution in [0, 0.1) is 23.7 Å². The number of anilines is 1. The van der Waals surface area contributed by atoms with Gasteiger partial charge in [-0.3, -0.25) is 14.5 Å². The minimum atomic E-state index is -0.591. The molecule has 192 valence electrons. The quantitative estimate of drug-likeness (QED) is 0.621. The summed E-state index contributed by atoms with van der Waals surface area (Å²) in [5.74, 6) is 2.35. The lowest BCUT2D eigenvalue weighted by Crippen LogP contribution is -2.51. The van der Waals surface area contributed by atoms with Gasteiger partial charge in [0, 0.05) is 51.3 Å². The number of fused-ring (bicyclic) bond motifs is 3. The number of halogens is 1. The topological polar surface area (TPSA) is 94.2 Å². The third-order valence-electron chi connectivity index (χ3n) is 9.06. The molecule has 4 aliphatic carbocycles. The van der Waals surface area contributed by atoms with Gasteiger partial charge in [0.05, 0.1) is 11.4 Å². The molecule has 0 aromatic carbocycles. The van der Waals surface area contributed by atoms with Crippen LogP contribution in [0.3, 0.4) is 0 Å². The minimum absolute atomic E-state index is 0.0916. The van der Waals surface area contributed by atoms with Crippen LogP contribution >= 0.6 is 0 Å². The number of aryl methyl sites for hydroxylation is 1. The predicted octanol–water partition coefficient (Wildman–Crippen LogP) is 2.49. The summed E-state index contributed by atoms with van der Waals surface area (Å²) in [6.45, 7) is 4.28. The summed E-state index contributed by atoms with van der Waals surface area (Å²) in [4.78, 5) is 41.0. The lowest BCUT2D eigenvalue weighted by Gasteiger charge is -2.52. The normalized spacial score (nSPS) is 27.8. The van der Waals surface area contributed by atoms with Gasteiger partial charge in [0.15, 0.2) is 0 Å². The average molecular weight is 495 g/mol. The third-order valence-corrected chi connectivity index (χ3v) is 9.06. The van der Waals surface area contributed by atoms with Gasteiger partial charge < -0.3 is 15.2 Å². The SMILES string of the molecule is CNC(=O)c1ccc(N2CCN(C[C@H]3C[C@@H](c4nc5c(c(=O)[nH]4)CCCC5)C4CC3C4)CC2)c(F)n1. The van der Waals surface area contributed by atoms with Gasteiger partial charge in [0.1, 0.15) is 11.5 Å². The predicted molar refractivity (Wildman–Crippen MR) is 135 cm³/mol. The number of pyridine rings is 1. The molecule has 1 saturated heterocycles. The smallest absolute Gasteiger partial charge is 0.269 e. The Labute approximate surface area is 210 Å². The summed E-state index contributed by atoms with van der Waals surface area (Å²) in [7, 11) is 1.51. The summed E-state index contributed by atoms with van der Waals surface area (Å²) in [6.07, 6.45) is 7.59. The Morgan fingerprint density at radius 3 is 2.61 bits per heavy atom. The van der Waals surface area contributed by atoms with Gasteiger partial charge in [-0.1, -0.05) is 0 Å². The fourth-order valence-electron chi connectivity index (χ4n) is 6.91. The van der Waals surface area contributed by atoms with Crippen LogP contribution in [-0.4, -0.2) is 65.5 Å². The highest BCUT2D eigenvalue weighted by atomic mass is 19.1. The first-order valence-corrected chi connectivity index (χ1v) is 13.5. The third kappa shape index (κ3) is 4.31. The number of hydrogen-bond donors (Lipinski definition) is 2. The molecule has 7 rings (SSSR count). The lowest BCUT2D eigenvalue weighted by atomic mass is 9.55. The van der Waals surface area contributed by atoms with E-state index in [1.165, 1.54) is 19.9 Å². The molecule has 2 aromatic rings. The van der Waals surface area contributed by atoms with Crippen LogP contribution in [0.15, 0.2) is 16.9 Å². The molecule has 3 heterocycles. The molecule has 1 aliphatic heterocycles. The van der Waals surface area contributed by atoms with Gasteiger partial charge in [-0.2, -0.15) is 4.39 Å². The zero-order valence-electron chi connectivity index (χ0n) is 20.9. The van der Waals surface area contributed by atoms with E-state index >= 15 is 0 Å². The number of nitrogens with zero attached hydrogens (tertiary/aromatic N) is 4. The summed E-state index contributed by atoms with van der Waals surface area (Å²) in [5, 5.41) is 2.48. The van der Waals surface area contributed by atoms with Crippen LogP contribution in [0.5, 0.6) is 0 Å². The number of nitrogens with one attached hydrogen (secondary N) is 2. The van der Waals surface area contributed by atoms with Gasteiger partial charge in [0.25, 0.3) is 11.5 Å². The number of carbonyl (C=O) groups is 1. The highest BCUT2D eigenvalue weighted by Crippen LogP contribution is 2.55. The second kappa shape index (κ2) is 9.57. The molecule has 4 fully saturated rings. The standard InChI is InChI=1S/C27H35FN6O2/c1-29-27(36)22-6-7-23(24(28)30-22)34-10-8-33(9-11-34)15-18-14-20(17-12-16(18)13-17)25-31-21-5-3-2-4-19(21)26(35)32-25/h6-7,16-18,20H,2-5,8-15H2,1H3,(H,29,36)(H,31,32,35)/t16?,17?,18-,20-/m1/s1. The van der Waals surface area contributed by atoms with Gasteiger partial charge in [-0.15, -0.1) is 0 Å². The lowest BCUT2D eigenvalue weighted by molar-refractivity contribution is 0.00522. The van der Waals surface area contributed by atoms with Crippen molar-refractivity contribution in [1.29, 1.82) is 0 Å². The zero-order valence-corrected chi connectivity index (χ0v) is 20.9. The van der Waals surface area contributed by atoms with Crippen molar-refractivity contribution in [2.75, 3.05) is 44.7 Å². The fraction of sp³-hybridized carbons (Fsp3) is 0.630. The van der Waals surface area contributed by atoms with E-state index in [9.17, 15) is 14.0 Å². The number of aromatic nitrogens is 3. The molecule has 2 N–H and O–H groups in total. The van der Waals surface area contributed by atoms with E-state index in [1.54, 1.807) is 12.1 Å². The Bertz CT molecular complexity index is 1200. The number of H-pyrrole nitrogens is 1. The van der Waals surface area contributed by atoms with Crippen LogP contribution in [-0.2, 0) is 12.8 Å². The highest BCUT2D eigenvalue weighted by molar-refractivity contribution is 5.92. The molecule has 0 radical (unpaired) electrons. The molecule has 0 unspecified atom stereocenters. The minimum Gasteiger partial charge on any atom is -0.365 e. The van der Waals surface area contributed by atoms with E-state index in [-0.39, 0.29) is 17.2 Å². The maximum Gasteiger partial charge on any atom is 0.269 e. The maximum atomic E-state index is 14.6. The Hall–Kier alpha value is -2.81. The Morgan fingerprint density at radius 2 is 1.86 bits per heavy atom. The highest BCUT2D eigenvalue weighted by Gasteiger charge is 2.47. The van der Waals surface area contributed by atoms with E-state index in [0.29, 0.717) is 23.4 Å². The van der Waals surface area contributed by atoms with Crippen molar-refractivity contribution < 1.29 is 9.18 Å². The summed E-state index contributed by atoms with van der Waals surface area (Å²) in [6, 6.07) is 3.24. The van der Waals surface area contributed by atoms with E-state index in [4.69, 9.17) is 4.98 Å². The molecule has 2 aromatic heterocycles. The van der Waals surface area contributed by atoms with Crippen LogP contribution in [0.25, 0.3) is 0 Å². The monoisotopic (exact) mass is 494 g/mol. The zero-order chi connectivity index (χ0) is 24.8. The molecule has 1 amide bonds. The van der Waals surface area contributed by atoms with E-state index < -0.39 is 5.95 Å². The van der Waals surface area contributed by atoms with Crippen LogP contribution in [0.1, 0.15) is 65.6 Å². The van der Waals surface area contributed by atoms with E-state index in [1.807, 2.05) is 4.90 Å². The molecule has 3 saturated carbocycles. The average Bonchev–Trinajstić information content (AvgIpc) is 2.88. The van der Waals surface area contributed by atoms with Crippen molar-refractivity contribution >= 4 is 11.6 Å². The molecule has 2 atom stereocenters. The molecule has 9 heteroatoms. The second-order valence-electron chi connectivity index (χ2n) is 11.1. The van der Waals surface area contributed by atoms with Crippen molar-refractivity contribution in [1.82, 2.24) is 25.2 Å². The summed E-state index contributed by atoms with van der Waals surface area (Å²) in [5.41, 5.74) is 2.60. The maximum absolute atomic E-state index is 14.6. The Balaban J connectivity index is 1.08. The van der Waals surface area contributed by atoms with Crippen molar-refractivity contribution in [3.63, 3.8) is 0 Å². The van der Waals surface area contributed by atoms with Crippen molar-refractivity contribution in [3.8, 4) is 0 Å². The molecular weight excluding hydrogens is 459 g/mol. The summed E-state index contributed by atoms with van der Waals surface area (Å²) < 4.78 is 14.6. The Kier molecular flexibility index (Phi) is 6.27. The van der Waals surface area contributed by atoms with Crippen LogP contribution < -0.4 is 15.8 Å². The molecule has 36 heavy (non-hydrogen) atoms. The van der Waals surface area contributed by atoms with Gasteiger partial charge in [-0.05, 0) is 74.8 Å². The number of piperazine rings is 1. The Morgan fingerprint density at radius 1 is 1.08 bits per heavy atom. The van der Waals surface area contributed by atoms with Crippen molar-refractivity contribution in [2.24, 2.45) is 17.8 Å². The van der Waals surface area contributed by atoms with E-state index in [2.05, 4.69) is 20.2 Å². The van der Waals surface area contributed by atoms with Crippen LogP contribution in [0.4, 0.5) is 10.1 Å². The van der Waals surface area contributed by atoms with Gasteiger partial charge in [0.2, 0.25) is 5.95 Å². The first-order valence-electron chi connectivity index (χ1n) is 13.5. The summed E-state index contributed by atoms with van der Waals surface area (Å²) >= 11 is 0. The van der Waals surface area contributed by atoms with Crippen molar-refractivity contribution in [2.45, 2.75) is 50.9 Å². The number of aromatic amines is 1. The van der Waals surface area contributed by atoms with Crippen LogP contribution in [0.2, 0.25) is 0 Å². The second-order valence-corrected chi connectivity index (χ2v) is 11.1. The molecule has 2 bridgehead atoms. The molecule has 5 aliphatic rings.